The van der Waals surface area contributed by atoms with Gasteiger partial charge in [0.15, 0.2) is 0 Å². The van der Waals surface area contributed by atoms with Crippen molar-refractivity contribution in [1.29, 1.82) is 0 Å². The summed E-state index contributed by atoms with van der Waals surface area (Å²) in [6.07, 6.45) is 8.14. The Kier molecular flexibility index (Phi) is 11.0. The summed E-state index contributed by atoms with van der Waals surface area (Å²) >= 11 is 0. The molecule has 0 aromatic rings. The van der Waals surface area contributed by atoms with Crippen LogP contribution >= 0.6 is 0 Å². The molecule has 0 spiro atoms. The Morgan fingerprint density at radius 3 is 2.17 bits per heavy atom. The standard InChI is InChI=1S/C22H40O2/c1-9-10-15-22(7,8)16-14-19(6)12-11-13-20(23)24-21(17(2)3)18(4)5/h16-18,21H,9-13,15H2,1-8H3. The van der Waals surface area contributed by atoms with Gasteiger partial charge in [0.2, 0.25) is 0 Å². The van der Waals surface area contributed by atoms with E-state index in [0.717, 1.165) is 12.8 Å². The van der Waals surface area contributed by atoms with E-state index >= 15 is 0 Å². The second-order valence-electron chi connectivity index (χ2n) is 8.46. The topological polar surface area (TPSA) is 26.3 Å². The zero-order valence-corrected chi connectivity index (χ0v) is 17.4. The monoisotopic (exact) mass is 336 g/mol. The Hall–Kier alpha value is -1.01. The van der Waals surface area contributed by atoms with Gasteiger partial charge in [-0.05, 0) is 55.1 Å². The second-order valence-corrected chi connectivity index (χ2v) is 8.46. The molecule has 0 radical (unpaired) electrons. The molecule has 0 fully saturated rings. The van der Waals surface area contributed by atoms with Crippen LogP contribution in [0.25, 0.3) is 0 Å². The molecular formula is C22H40O2. The van der Waals surface area contributed by atoms with Crippen molar-refractivity contribution in [3.63, 3.8) is 0 Å². The van der Waals surface area contributed by atoms with Crippen LogP contribution in [0.3, 0.4) is 0 Å². The number of allylic oxidation sites excluding steroid dienone is 1. The van der Waals surface area contributed by atoms with Crippen molar-refractivity contribution in [2.75, 3.05) is 0 Å². The highest BCUT2D eigenvalue weighted by molar-refractivity contribution is 5.69. The lowest BCUT2D eigenvalue weighted by Crippen LogP contribution is -2.28. The van der Waals surface area contributed by atoms with Crippen LogP contribution in [0.1, 0.15) is 93.9 Å². The Morgan fingerprint density at radius 1 is 1.08 bits per heavy atom. The van der Waals surface area contributed by atoms with E-state index in [1.807, 2.05) is 0 Å². The summed E-state index contributed by atoms with van der Waals surface area (Å²) in [7, 11) is 0. The minimum Gasteiger partial charge on any atom is -0.462 e. The Balaban J connectivity index is 4.34. The molecule has 140 valence electrons. The van der Waals surface area contributed by atoms with Crippen molar-refractivity contribution in [2.45, 2.75) is 100 Å². The smallest absolute Gasteiger partial charge is 0.306 e. The predicted molar refractivity (Wildman–Crippen MR) is 104 cm³/mol. The summed E-state index contributed by atoms with van der Waals surface area (Å²) in [6.45, 7) is 17.3. The van der Waals surface area contributed by atoms with Gasteiger partial charge in [0, 0.05) is 6.42 Å². The van der Waals surface area contributed by atoms with Crippen molar-refractivity contribution in [3.8, 4) is 0 Å². The van der Waals surface area contributed by atoms with Gasteiger partial charge in [0.25, 0.3) is 0 Å². The molecule has 0 aromatic heterocycles. The van der Waals surface area contributed by atoms with E-state index in [2.05, 4.69) is 67.2 Å². The maximum Gasteiger partial charge on any atom is 0.306 e. The van der Waals surface area contributed by atoms with E-state index < -0.39 is 0 Å². The van der Waals surface area contributed by atoms with Crippen LogP contribution in [-0.4, -0.2) is 12.1 Å². The van der Waals surface area contributed by atoms with Crippen molar-refractivity contribution < 1.29 is 9.53 Å². The number of carbonyl (C=O) groups excluding carboxylic acids is 1. The van der Waals surface area contributed by atoms with Crippen molar-refractivity contribution >= 4 is 5.97 Å². The van der Waals surface area contributed by atoms with Gasteiger partial charge in [-0.25, -0.2) is 0 Å². The zero-order valence-electron chi connectivity index (χ0n) is 17.4. The van der Waals surface area contributed by atoms with E-state index in [-0.39, 0.29) is 17.5 Å². The minimum absolute atomic E-state index is 0.0217. The Labute approximate surface area is 150 Å². The van der Waals surface area contributed by atoms with Crippen LogP contribution in [0.2, 0.25) is 0 Å². The molecule has 0 rings (SSSR count). The lowest BCUT2D eigenvalue weighted by atomic mass is 9.87. The molecule has 0 amide bonds. The fourth-order valence-corrected chi connectivity index (χ4v) is 2.85. The van der Waals surface area contributed by atoms with E-state index in [1.165, 1.54) is 24.8 Å². The van der Waals surface area contributed by atoms with Gasteiger partial charge in [-0.15, -0.1) is 5.73 Å². The number of ether oxygens (including phenoxy) is 1. The van der Waals surface area contributed by atoms with Gasteiger partial charge < -0.3 is 4.74 Å². The summed E-state index contributed by atoms with van der Waals surface area (Å²) in [5, 5.41) is 0. The average Bonchev–Trinajstić information content (AvgIpc) is 2.48. The first-order valence-electron chi connectivity index (χ1n) is 9.72. The number of hydrogen-bond donors (Lipinski definition) is 0. The predicted octanol–water partition coefficient (Wildman–Crippen LogP) is 6.70. The normalized spacial score (nSPS) is 11.8. The second kappa shape index (κ2) is 11.5. The van der Waals surface area contributed by atoms with E-state index in [4.69, 9.17) is 4.74 Å². The molecule has 0 heterocycles. The molecular weight excluding hydrogens is 296 g/mol. The van der Waals surface area contributed by atoms with Gasteiger partial charge in [-0.3, -0.25) is 4.79 Å². The van der Waals surface area contributed by atoms with Crippen LogP contribution in [-0.2, 0) is 9.53 Å². The van der Waals surface area contributed by atoms with Crippen molar-refractivity contribution in [2.24, 2.45) is 17.3 Å². The molecule has 0 saturated carbocycles. The van der Waals surface area contributed by atoms with Gasteiger partial charge >= 0.3 is 5.97 Å². The summed E-state index contributed by atoms with van der Waals surface area (Å²) in [5.74, 6) is 0.662. The van der Waals surface area contributed by atoms with Crippen LogP contribution < -0.4 is 0 Å². The Morgan fingerprint density at radius 2 is 1.67 bits per heavy atom. The largest absolute Gasteiger partial charge is 0.462 e. The number of carbonyl (C=O) groups is 1. The van der Waals surface area contributed by atoms with Crippen molar-refractivity contribution in [1.82, 2.24) is 0 Å². The minimum atomic E-state index is -0.0672. The zero-order chi connectivity index (χ0) is 18.8. The van der Waals surface area contributed by atoms with Gasteiger partial charge in [0.1, 0.15) is 6.10 Å². The number of hydrogen-bond acceptors (Lipinski definition) is 2. The first kappa shape index (κ1) is 23.0. The summed E-state index contributed by atoms with van der Waals surface area (Å²) in [4.78, 5) is 12.0. The lowest BCUT2D eigenvalue weighted by Gasteiger charge is -2.24. The number of unbranched alkanes of at least 4 members (excludes halogenated alkanes) is 1. The molecule has 0 N–H and O–H groups in total. The molecule has 0 aromatic carbocycles. The van der Waals surface area contributed by atoms with Crippen LogP contribution in [0.4, 0.5) is 0 Å². The third kappa shape index (κ3) is 10.7. The molecule has 0 atom stereocenters. The third-order valence-electron chi connectivity index (χ3n) is 4.40. The Bertz CT molecular complexity index is 415. The molecule has 2 nitrogen and oxygen atoms in total. The number of esters is 1. The molecule has 24 heavy (non-hydrogen) atoms. The molecule has 0 saturated heterocycles. The highest BCUT2D eigenvalue weighted by Gasteiger charge is 2.21. The maximum atomic E-state index is 12.0. The fourth-order valence-electron chi connectivity index (χ4n) is 2.85. The summed E-state index contributed by atoms with van der Waals surface area (Å²) in [6, 6.07) is 0. The molecule has 2 heteroatoms. The third-order valence-corrected chi connectivity index (χ3v) is 4.40. The summed E-state index contributed by atoms with van der Waals surface area (Å²) < 4.78 is 5.64. The van der Waals surface area contributed by atoms with E-state index in [1.54, 1.807) is 0 Å². The van der Waals surface area contributed by atoms with Crippen LogP contribution in [0.5, 0.6) is 0 Å². The highest BCUT2D eigenvalue weighted by Crippen LogP contribution is 2.24. The SMILES string of the molecule is CCCCC(C)(C)C=C=C(C)CCCC(=O)OC(C(C)C)C(C)C. The highest BCUT2D eigenvalue weighted by atomic mass is 16.5. The number of rotatable bonds is 11. The molecule has 0 unspecified atom stereocenters. The van der Waals surface area contributed by atoms with Gasteiger partial charge in [-0.2, -0.15) is 0 Å². The summed E-state index contributed by atoms with van der Waals surface area (Å²) in [5.41, 5.74) is 4.85. The van der Waals surface area contributed by atoms with Crippen molar-refractivity contribution in [3.05, 3.63) is 17.4 Å². The van der Waals surface area contributed by atoms with Crippen LogP contribution in [0.15, 0.2) is 17.4 Å². The fraction of sp³-hybridized carbons (Fsp3) is 0.818. The first-order valence-corrected chi connectivity index (χ1v) is 9.72. The van der Waals surface area contributed by atoms with Crippen LogP contribution in [0, 0.1) is 17.3 Å². The molecule has 0 aliphatic heterocycles. The van der Waals surface area contributed by atoms with Gasteiger partial charge in [0.05, 0.1) is 0 Å². The quantitative estimate of drug-likeness (QED) is 0.310. The van der Waals surface area contributed by atoms with E-state index in [9.17, 15) is 4.79 Å². The molecule has 0 aliphatic rings. The van der Waals surface area contributed by atoms with E-state index in [0.29, 0.717) is 18.3 Å². The first-order chi connectivity index (χ1) is 11.1. The maximum absolute atomic E-state index is 12.0. The molecule has 0 bridgehead atoms. The lowest BCUT2D eigenvalue weighted by molar-refractivity contribution is -0.154. The molecule has 0 aliphatic carbocycles. The average molecular weight is 337 g/mol. The van der Waals surface area contributed by atoms with Gasteiger partial charge in [-0.1, -0.05) is 61.3 Å².